The molecule has 0 aliphatic carbocycles. The largest absolute Gasteiger partial charge is 0.325 e. The van der Waals surface area contributed by atoms with Crippen LogP contribution in [0.5, 0.6) is 0 Å². The fourth-order valence-electron chi connectivity index (χ4n) is 1.27. The standard InChI is InChI=1S/C10H9N3O3S/c14-8(4-6-2-1-3-17-6)12-7-5-11-10(16)13-9(7)15/h1-3,5H,4H2,(H,12,14)(H2,11,13,15,16). The van der Waals surface area contributed by atoms with Crippen molar-refractivity contribution in [1.29, 1.82) is 0 Å². The number of nitrogens with one attached hydrogen (secondary N) is 3. The number of hydrogen-bond donors (Lipinski definition) is 3. The Morgan fingerprint density at radius 3 is 2.88 bits per heavy atom. The Bertz CT molecular complexity index is 627. The van der Waals surface area contributed by atoms with Crippen LogP contribution in [0.1, 0.15) is 4.88 Å². The average molecular weight is 251 g/mol. The summed E-state index contributed by atoms with van der Waals surface area (Å²) in [4.78, 5) is 38.8. The maximum absolute atomic E-state index is 11.6. The highest BCUT2D eigenvalue weighted by Crippen LogP contribution is 2.09. The molecule has 0 unspecified atom stereocenters. The Morgan fingerprint density at radius 2 is 2.24 bits per heavy atom. The minimum Gasteiger partial charge on any atom is -0.320 e. The first-order valence-corrected chi connectivity index (χ1v) is 5.67. The van der Waals surface area contributed by atoms with Crippen molar-refractivity contribution in [1.82, 2.24) is 9.97 Å². The number of anilines is 1. The Hall–Kier alpha value is -2.15. The van der Waals surface area contributed by atoms with Crippen molar-refractivity contribution in [2.24, 2.45) is 0 Å². The van der Waals surface area contributed by atoms with Gasteiger partial charge in [0, 0.05) is 11.1 Å². The summed E-state index contributed by atoms with van der Waals surface area (Å²) in [5.74, 6) is -0.301. The third-order valence-electron chi connectivity index (χ3n) is 2.01. The number of rotatable bonds is 3. The van der Waals surface area contributed by atoms with E-state index in [-0.39, 0.29) is 18.0 Å². The first kappa shape index (κ1) is 11.3. The van der Waals surface area contributed by atoms with E-state index in [9.17, 15) is 14.4 Å². The third-order valence-corrected chi connectivity index (χ3v) is 2.88. The fraction of sp³-hybridized carbons (Fsp3) is 0.100. The lowest BCUT2D eigenvalue weighted by Crippen LogP contribution is -2.27. The molecule has 0 atom stereocenters. The lowest BCUT2D eigenvalue weighted by Gasteiger charge is -2.01. The van der Waals surface area contributed by atoms with Gasteiger partial charge in [-0.1, -0.05) is 6.07 Å². The first-order chi connectivity index (χ1) is 8.15. The third kappa shape index (κ3) is 2.91. The summed E-state index contributed by atoms with van der Waals surface area (Å²) in [7, 11) is 0. The predicted molar refractivity (Wildman–Crippen MR) is 64.3 cm³/mol. The van der Waals surface area contributed by atoms with Gasteiger partial charge in [-0.3, -0.25) is 14.6 Å². The zero-order valence-electron chi connectivity index (χ0n) is 8.65. The van der Waals surface area contributed by atoms with Gasteiger partial charge in [0.1, 0.15) is 5.69 Å². The Kier molecular flexibility index (Phi) is 3.20. The molecule has 17 heavy (non-hydrogen) atoms. The van der Waals surface area contributed by atoms with Crippen LogP contribution >= 0.6 is 11.3 Å². The normalized spacial score (nSPS) is 10.1. The van der Waals surface area contributed by atoms with E-state index in [0.29, 0.717) is 0 Å². The molecule has 0 radical (unpaired) electrons. The smallest absolute Gasteiger partial charge is 0.320 e. The maximum atomic E-state index is 11.6. The molecule has 0 bridgehead atoms. The van der Waals surface area contributed by atoms with Crippen molar-refractivity contribution >= 4 is 22.9 Å². The minimum atomic E-state index is -0.617. The van der Waals surface area contributed by atoms with Crippen LogP contribution in [0.2, 0.25) is 0 Å². The van der Waals surface area contributed by atoms with E-state index < -0.39 is 11.2 Å². The first-order valence-electron chi connectivity index (χ1n) is 4.79. The second-order valence-corrected chi connectivity index (χ2v) is 4.32. The predicted octanol–water partition coefficient (Wildman–Crippen LogP) is 0.306. The number of hydrogen-bond acceptors (Lipinski definition) is 4. The van der Waals surface area contributed by atoms with E-state index in [1.54, 1.807) is 0 Å². The van der Waals surface area contributed by atoms with E-state index in [2.05, 4.69) is 10.3 Å². The average Bonchev–Trinajstić information content (AvgIpc) is 2.75. The van der Waals surface area contributed by atoms with Crippen LogP contribution in [0.3, 0.4) is 0 Å². The molecule has 0 fully saturated rings. The quantitative estimate of drug-likeness (QED) is 0.732. The highest BCUT2D eigenvalue weighted by Gasteiger charge is 2.07. The lowest BCUT2D eigenvalue weighted by atomic mass is 10.3. The van der Waals surface area contributed by atoms with Crippen LogP contribution in [0.4, 0.5) is 5.69 Å². The minimum absolute atomic E-state index is 0.0335. The summed E-state index contributed by atoms with van der Waals surface area (Å²) in [5.41, 5.74) is -1.19. The zero-order valence-corrected chi connectivity index (χ0v) is 9.47. The van der Waals surface area contributed by atoms with Gasteiger partial charge in [-0.15, -0.1) is 11.3 Å². The summed E-state index contributed by atoms with van der Waals surface area (Å²) in [6.07, 6.45) is 1.38. The number of H-pyrrole nitrogens is 2. The second-order valence-electron chi connectivity index (χ2n) is 3.29. The van der Waals surface area contributed by atoms with Crippen molar-refractivity contribution in [3.63, 3.8) is 0 Å². The maximum Gasteiger partial charge on any atom is 0.325 e. The molecule has 3 N–H and O–H groups in total. The summed E-state index contributed by atoms with van der Waals surface area (Å²) < 4.78 is 0. The van der Waals surface area contributed by atoms with E-state index in [1.165, 1.54) is 17.5 Å². The van der Waals surface area contributed by atoms with Crippen molar-refractivity contribution in [2.45, 2.75) is 6.42 Å². The molecule has 0 aromatic carbocycles. The highest BCUT2D eigenvalue weighted by molar-refractivity contribution is 7.10. The summed E-state index contributed by atoms with van der Waals surface area (Å²) in [6.45, 7) is 0. The van der Waals surface area contributed by atoms with Crippen LogP contribution < -0.4 is 16.6 Å². The van der Waals surface area contributed by atoms with Gasteiger partial charge in [0.2, 0.25) is 5.91 Å². The Labute approximate surface area is 99.3 Å². The van der Waals surface area contributed by atoms with E-state index in [4.69, 9.17) is 0 Å². The van der Waals surface area contributed by atoms with Crippen LogP contribution in [0.25, 0.3) is 0 Å². The highest BCUT2D eigenvalue weighted by atomic mass is 32.1. The lowest BCUT2D eigenvalue weighted by molar-refractivity contribution is -0.115. The van der Waals surface area contributed by atoms with E-state index in [0.717, 1.165) is 4.88 Å². The van der Waals surface area contributed by atoms with Gasteiger partial charge in [0.05, 0.1) is 6.42 Å². The van der Waals surface area contributed by atoms with Gasteiger partial charge in [-0.2, -0.15) is 0 Å². The molecule has 2 aromatic rings. The summed E-state index contributed by atoms with van der Waals surface area (Å²) in [6, 6.07) is 3.68. The number of carbonyl (C=O) groups excluding carboxylic acids is 1. The molecule has 7 heteroatoms. The van der Waals surface area contributed by atoms with Gasteiger partial charge in [0.25, 0.3) is 5.56 Å². The van der Waals surface area contributed by atoms with Crippen LogP contribution in [0, 0.1) is 0 Å². The molecule has 2 rings (SSSR count). The molecule has 2 heterocycles. The van der Waals surface area contributed by atoms with Crippen molar-refractivity contribution in [2.75, 3.05) is 5.32 Å². The van der Waals surface area contributed by atoms with E-state index >= 15 is 0 Å². The number of thiophene rings is 1. The molecular formula is C10H9N3O3S. The molecule has 6 nitrogen and oxygen atoms in total. The SMILES string of the molecule is O=C(Cc1cccs1)Nc1c[nH]c(=O)[nH]c1=O. The van der Waals surface area contributed by atoms with Gasteiger partial charge in [0.15, 0.2) is 0 Å². The Morgan fingerprint density at radius 1 is 1.41 bits per heavy atom. The molecule has 88 valence electrons. The van der Waals surface area contributed by atoms with Crippen molar-refractivity contribution in [3.8, 4) is 0 Å². The Balaban J connectivity index is 2.08. The second kappa shape index (κ2) is 4.79. The fourth-order valence-corrected chi connectivity index (χ4v) is 1.97. The van der Waals surface area contributed by atoms with Crippen molar-refractivity contribution in [3.05, 3.63) is 49.4 Å². The molecule has 2 aromatic heterocycles. The summed E-state index contributed by atoms with van der Waals surface area (Å²) >= 11 is 1.46. The number of amides is 1. The molecule has 0 aliphatic rings. The van der Waals surface area contributed by atoms with Gasteiger partial charge in [-0.25, -0.2) is 4.79 Å². The molecule has 0 aliphatic heterocycles. The van der Waals surface area contributed by atoms with Crippen molar-refractivity contribution < 1.29 is 4.79 Å². The number of aromatic amines is 2. The van der Waals surface area contributed by atoms with Crippen LogP contribution in [0.15, 0.2) is 33.3 Å². The molecule has 0 saturated carbocycles. The van der Waals surface area contributed by atoms with Gasteiger partial charge >= 0.3 is 5.69 Å². The molecular weight excluding hydrogens is 242 g/mol. The molecule has 0 saturated heterocycles. The van der Waals surface area contributed by atoms with Crippen LogP contribution in [-0.2, 0) is 11.2 Å². The summed E-state index contributed by atoms with van der Waals surface area (Å²) in [5, 5.41) is 4.30. The van der Waals surface area contributed by atoms with Gasteiger partial charge in [-0.05, 0) is 11.4 Å². The molecule has 0 spiro atoms. The van der Waals surface area contributed by atoms with E-state index in [1.807, 2.05) is 22.5 Å². The number of carbonyl (C=O) groups is 1. The monoisotopic (exact) mass is 251 g/mol. The topological polar surface area (TPSA) is 94.8 Å². The number of aromatic nitrogens is 2. The molecule has 1 amide bonds. The van der Waals surface area contributed by atoms with Gasteiger partial charge < -0.3 is 10.3 Å². The zero-order chi connectivity index (χ0) is 12.3. The van der Waals surface area contributed by atoms with Crippen LogP contribution in [-0.4, -0.2) is 15.9 Å².